The summed E-state index contributed by atoms with van der Waals surface area (Å²) in [5.74, 6) is 1.05. The number of rotatable bonds is 6. The van der Waals surface area contributed by atoms with E-state index in [9.17, 15) is 9.90 Å². The van der Waals surface area contributed by atoms with Crippen molar-refractivity contribution in [2.24, 2.45) is 0 Å². The number of aliphatic hydroxyl groups is 1. The number of halogens is 1. The Hall–Kier alpha value is -2.26. The van der Waals surface area contributed by atoms with E-state index in [1.165, 1.54) is 0 Å². The predicted octanol–water partition coefficient (Wildman–Crippen LogP) is 2.43. The zero-order chi connectivity index (χ0) is 23.8. The van der Waals surface area contributed by atoms with Gasteiger partial charge in [-0.2, -0.15) is 0 Å². The van der Waals surface area contributed by atoms with Crippen LogP contribution in [0, 0.1) is 0 Å². The molecule has 0 radical (unpaired) electrons. The Morgan fingerprint density at radius 2 is 1.88 bits per heavy atom. The molecule has 182 valence electrons. The lowest BCUT2D eigenvalue weighted by Crippen LogP contribution is -2.55. The number of carbonyl (C=O) groups excluding carboxylic acids is 1. The number of aliphatic hydroxyl groups excluding tert-OH is 1. The second-order valence-corrected chi connectivity index (χ2v) is 10.1. The molecule has 34 heavy (non-hydrogen) atoms. The van der Waals surface area contributed by atoms with Gasteiger partial charge in [0, 0.05) is 63.5 Å². The summed E-state index contributed by atoms with van der Waals surface area (Å²) < 4.78 is 5.41. The van der Waals surface area contributed by atoms with E-state index in [1.54, 1.807) is 13.4 Å². The zero-order valence-corrected chi connectivity index (χ0v) is 20.5. The van der Waals surface area contributed by atoms with Gasteiger partial charge in [-0.05, 0) is 30.0 Å². The lowest BCUT2D eigenvalue weighted by atomic mass is 9.94. The summed E-state index contributed by atoms with van der Waals surface area (Å²) in [7, 11) is 1.73. The number of methoxy groups -OCH3 is 1. The van der Waals surface area contributed by atoms with Gasteiger partial charge >= 0.3 is 0 Å². The Morgan fingerprint density at radius 3 is 2.56 bits per heavy atom. The first-order valence-corrected chi connectivity index (χ1v) is 12.4. The topological polar surface area (TPSA) is 82.0 Å². The Morgan fingerprint density at radius 1 is 1.18 bits per heavy atom. The van der Waals surface area contributed by atoms with Crippen LogP contribution in [0.5, 0.6) is 0 Å². The molecule has 8 nitrogen and oxygen atoms in total. The highest BCUT2D eigenvalue weighted by molar-refractivity contribution is 6.30. The third-order valence-electron chi connectivity index (χ3n) is 7.44. The van der Waals surface area contributed by atoms with E-state index >= 15 is 0 Å². The number of benzene rings is 1. The highest BCUT2D eigenvalue weighted by atomic mass is 35.5. The Balaban J connectivity index is 1.28. The molecule has 1 aromatic heterocycles. The lowest BCUT2D eigenvalue weighted by Gasteiger charge is -2.42. The van der Waals surface area contributed by atoms with Crippen LogP contribution in [0.3, 0.4) is 0 Å². The third kappa shape index (κ3) is 4.52. The van der Waals surface area contributed by atoms with Gasteiger partial charge in [-0.1, -0.05) is 30.7 Å². The molecule has 2 saturated heterocycles. The van der Waals surface area contributed by atoms with Gasteiger partial charge in [-0.25, -0.2) is 9.97 Å². The second kappa shape index (κ2) is 9.77. The molecule has 5 rings (SSSR count). The smallest absolute Gasteiger partial charge is 0.231 e. The third-order valence-corrected chi connectivity index (χ3v) is 7.69. The van der Waals surface area contributed by atoms with Gasteiger partial charge in [0.1, 0.15) is 12.1 Å². The molecular formula is C25H32ClN5O3. The number of hydrogen-bond donors (Lipinski definition) is 1. The first-order valence-electron chi connectivity index (χ1n) is 12.0. The molecule has 0 bridgehead atoms. The number of aromatic nitrogens is 2. The van der Waals surface area contributed by atoms with E-state index in [4.69, 9.17) is 16.3 Å². The molecule has 0 saturated carbocycles. The first kappa shape index (κ1) is 23.5. The highest BCUT2D eigenvalue weighted by Gasteiger charge is 2.36. The van der Waals surface area contributed by atoms with Crippen molar-refractivity contribution in [1.29, 1.82) is 0 Å². The first-order chi connectivity index (χ1) is 16.4. The molecule has 3 aliphatic rings. The molecule has 0 spiro atoms. The SMILES string of the molecule is COC1CN(C[C@@H](C(=O)N2CCN(c3ncnc4c3[C@H](C)C[C@H]4O)CC2)c2ccc(Cl)cc2)C1. The van der Waals surface area contributed by atoms with Gasteiger partial charge in [0.25, 0.3) is 0 Å². The van der Waals surface area contributed by atoms with Crippen molar-refractivity contribution in [3.05, 3.63) is 52.4 Å². The maximum atomic E-state index is 13.7. The van der Waals surface area contributed by atoms with Crippen molar-refractivity contribution in [3.63, 3.8) is 0 Å². The van der Waals surface area contributed by atoms with E-state index < -0.39 is 6.10 Å². The summed E-state index contributed by atoms with van der Waals surface area (Å²) in [6, 6.07) is 7.64. The number of nitrogens with zero attached hydrogens (tertiary/aromatic N) is 5. The molecule has 0 unspecified atom stereocenters. The monoisotopic (exact) mass is 485 g/mol. The van der Waals surface area contributed by atoms with Crippen molar-refractivity contribution in [1.82, 2.24) is 19.8 Å². The Kier molecular flexibility index (Phi) is 6.75. The maximum Gasteiger partial charge on any atom is 0.231 e. The van der Waals surface area contributed by atoms with Crippen LogP contribution in [0.25, 0.3) is 0 Å². The number of hydrogen-bond acceptors (Lipinski definition) is 7. The molecule has 3 atom stereocenters. The molecule has 9 heteroatoms. The summed E-state index contributed by atoms with van der Waals surface area (Å²) in [5, 5.41) is 11.0. The Labute approximate surface area is 205 Å². The summed E-state index contributed by atoms with van der Waals surface area (Å²) in [6.07, 6.45) is 1.96. The Bertz CT molecular complexity index is 1020. The molecule has 1 aromatic carbocycles. The minimum atomic E-state index is -0.519. The van der Waals surface area contributed by atoms with E-state index in [0.717, 1.165) is 35.7 Å². The maximum absolute atomic E-state index is 13.7. The molecule has 2 fully saturated rings. The minimum absolute atomic E-state index is 0.152. The number of piperazine rings is 1. The van der Waals surface area contributed by atoms with Crippen LogP contribution in [-0.2, 0) is 9.53 Å². The van der Waals surface area contributed by atoms with Crippen molar-refractivity contribution in [3.8, 4) is 0 Å². The van der Waals surface area contributed by atoms with E-state index in [1.807, 2.05) is 29.2 Å². The number of fused-ring (bicyclic) bond motifs is 1. The normalized spacial score (nSPS) is 24.1. The number of anilines is 1. The van der Waals surface area contributed by atoms with Gasteiger partial charge in [0.2, 0.25) is 5.91 Å². The molecule has 2 aliphatic heterocycles. The summed E-state index contributed by atoms with van der Waals surface area (Å²) >= 11 is 6.11. The highest BCUT2D eigenvalue weighted by Crippen LogP contribution is 2.42. The standard InChI is InChI=1S/C25H32ClN5O3/c1-16-11-21(32)23-22(16)24(28-15-27-23)30-7-9-31(10-8-30)25(33)20(14-29-12-19(13-29)34-2)17-3-5-18(26)6-4-17/h3-6,15-16,19-21,32H,7-14H2,1-2H3/t16-,20-,21-/m1/s1. The largest absolute Gasteiger partial charge is 0.387 e. The van der Waals surface area contributed by atoms with Crippen molar-refractivity contribution < 1.29 is 14.6 Å². The van der Waals surface area contributed by atoms with E-state index in [2.05, 4.69) is 26.7 Å². The average Bonchev–Trinajstić information content (AvgIpc) is 3.12. The number of carbonyl (C=O) groups is 1. The fourth-order valence-corrected chi connectivity index (χ4v) is 5.54. The van der Waals surface area contributed by atoms with Gasteiger partial charge in [-0.15, -0.1) is 0 Å². The van der Waals surface area contributed by atoms with Gasteiger partial charge < -0.3 is 19.6 Å². The molecule has 3 heterocycles. The van der Waals surface area contributed by atoms with Crippen LogP contribution in [0.15, 0.2) is 30.6 Å². The van der Waals surface area contributed by atoms with Crippen LogP contribution in [0.4, 0.5) is 5.82 Å². The zero-order valence-electron chi connectivity index (χ0n) is 19.7. The van der Waals surface area contributed by atoms with E-state index in [0.29, 0.717) is 44.2 Å². The second-order valence-electron chi connectivity index (χ2n) is 9.64. The molecule has 2 aromatic rings. The van der Waals surface area contributed by atoms with Crippen molar-refractivity contribution in [2.45, 2.75) is 37.4 Å². The number of ether oxygens (including phenoxy) is 1. The van der Waals surface area contributed by atoms with Crippen LogP contribution < -0.4 is 4.90 Å². The summed E-state index contributed by atoms with van der Waals surface area (Å²) in [4.78, 5) is 29.1. The molecule has 1 N–H and O–H groups in total. The van der Waals surface area contributed by atoms with Crippen molar-refractivity contribution in [2.75, 3.05) is 57.8 Å². The molecule has 1 amide bonds. The summed E-state index contributed by atoms with van der Waals surface area (Å²) in [5.41, 5.74) is 2.80. The number of amides is 1. The van der Waals surface area contributed by atoms with E-state index in [-0.39, 0.29) is 23.8 Å². The van der Waals surface area contributed by atoms with Crippen LogP contribution in [0.1, 0.15) is 48.1 Å². The number of likely N-dealkylation sites (tertiary alicyclic amines) is 1. The van der Waals surface area contributed by atoms with Crippen LogP contribution in [-0.4, -0.2) is 89.8 Å². The quantitative estimate of drug-likeness (QED) is 0.672. The summed E-state index contributed by atoms with van der Waals surface area (Å²) in [6.45, 7) is 7.19. The van der Waals surface area contributed by atoms with Gasteiger partial charge in [0.05, 0.1) is 23.8 Å². The van der Waals surface area contributed by atoms with Crippen LogP contribution in [0.2, 0.25) is 5.02 Å². The van der Waals surface area contributed by atoms with Gasteiger partial charge in [0.15, 0.2) is 0 Å². The van der Waals surface area contributed by atoms with Crippen LogP contribution >= 0.6 is 11.6 Å². The molecular weight excluding hydrogens is 454 g/mol. The predicted molar refractivity (Wildman–Crippen MR) is 130 cm³/mol. The molecule has 1 aliphatic carbocycles. The minimum Gasteiger partial charge on any atom is -0.387 e. The average molecular weight is 486 g/mol. The van der Waals surface area contributed by atoms with Gasteiger partial charge in [-0.3, -0.25) is 9.69 Å². The van der Waals surface area contributed by atoms with Crippen molar-refractivity contribution >= 4 is 23.3 Å². The lowest BCUT2D eigenvalue weighted by molar-refractivity contribution is -0.134. The fraction of sp³-hybridized carbons (Fsp3) is 0.560. The fourth-order valence-electron chi connectivity index (χ4n) is 5.41.